The lowest BCUT2D eigenvalue weighted by Gasteiger charge is -2.15. The fourth-order valence-corrected chi connectivity index (χ4v) is 1.60. The number of aryl methyl sites for hydroxylation is 1. The molecule has 0 radical (unpaired) electrons. The minimum Gasteiger partial charge on any atom is -0.396 e. The van der Waals surface area contributed by atoms with Crippen molar-refractivity contribution >= 4 is 11.8 Å². The average molecular weight is 238 g/mol. The van der Waals surface area contributed by atoms with Crippen LogP contribution in [-0.4, -0.2) is 34.3 Å². The highest BCUT2D eigenvalue weighted by Gasteiger charge is 2.05. The number of rotatable bonds is 7. The summed E-state index contributed by atoms with van der Waals surface area (Å²) in [5.41, 5.74) is 0.938. The predicted molar refractivity (Wildman–Crippen MR) is 70.3 cm³/mol. The zero-order valence-electron chi connectivity index (χ0n) is 10.8. The van der Waals surface area contributed by atoms with Gasteiger partial charge in [0.05, 0.1) is 0 Å². The normalized spacial score (nSPS) is 12.2. The van der Waals surface area contributed by atoms with Gasteiger partial charge in [-0.25, -0.2) is 4.98 Å². The average Bonchev–Trinajstić information content (AvgIpc) is 2.26. The van der Waals surface area contributed by atoms with Gasteiger partial charge in [-0.1, -0.05) is 0 Å². The molecule has 3 N–H and O–H groups in total. The third-order valence-electron chi connectivity index (χ3n) is 2.38. The van der Waals surface area contributed by atoms with Crippen molar-refractivity contribution in [1.82, 2.24) is 9.97 Å². The second-order valence-corrected chi connectivity index (χ2v) is 4.16. The van der Waals surface area contributed by atoms with Crippen LogP contribution in [-0.2, 0) is 0 Å². The maximum atomic E-state index is 8.78. The largest absolute Gasteiger partial charge is 0.396 e. The lowest BCUT2D eigenvalue weighted by atomic mass is 10.2. The Labute approximate surface area is 103 Å². The van der Waals surface area contributed by atoms with Crippen LogP contribution in [0.3, 0.4) is 0 Å². The Morgan fingerprint density at radius 1 is 1.41 bits per heavy atom. The maximum absolute atomic E-state index is 8.78. The second kappa shape index (κ2) is 7.06. The zero-order valence-corrected chi connectivity index (χ0v) is 10.8. The molecule has 17 heavy (non-hydrogen) atoms. The van der Waals surface area contributed by atoms with E-state index in [-0.39, 0.29) is 6.61 Å². The number of nitrogens with one attached hydrogen (secondary N) is 2. The van der Waals surface area contributed by atoms with Crippen LogP contribution in [0.5, 0.6) is 0 Å². The van der Waals surface area contributed by atoms with E-state index >= 15 is 0 Å². The Hall–Kier alpha value is -1.36. The van der Waals surface area contributed by atoms with E-state index in [2.05, 4.69) is 27.5 Å². The molecule has 0 aliphatic carbocycles. The van der Waals surface area contributed by atoms with Gasteiger partial charge in [0.1, 0.15) is 5.82 Å². The maximum Gasteiger partial charge on any atom is 0.224 e. The lowest BCUT2D eigenvalue weighted by molar-refractivity contribution is 0.282. The summed E-state index contributed by atoms with van der Waals surface area (Å²) < 4.78 is 0. The Morgan fingerprint density at radius 2 is 2.18 bits per heavy atom. The first-order valence-corrected chi connectivity index (χ1v) is 6.12. The van der Waals surface area contributed by atoms with Gasteiger partial charge in [0.25, 0.3) is 0 Å². The van der Waals surface area contributed by atoms with Crippen LogP contribution in [0.1, 0.15) is 32.4 Å². The highest BCUT2D eigenvalue weighted by Crippen LogP contribution is 2.12. The van der Waals surface area contributed by atoms with Gasteiger partial charge in [-0.3, -0.25) is 0 Å². The molecule has 96 valence electrons. The summed E-state index contributed by atoms with van der Waals surface area (Å²) in [7, 11) is 0. The van der Waals surface area contributed by atoms with Crippen molar-refractivity contribution in [2.75, 3.05) is 23.8 Å². The van der Waals surface area contributed by atoms with E-state index in [1.54, 1.807) is 0 Å². The molecule has 5 nitrogen and oxygen atoms in total. The third kappa shape index (κ3) is 4.99. The van der Waals surface area contributed by atoms with E-state index in [0.29, 0.717) is 12.0 Å². The van der Waals surface area contributed by atoms with Crippen molar-refractivity contribution in [2.45, 2.75) is 39.7 Å². The number of nitrogens with zero attached hydrogens (tertiary/aromatic N) is 2. The Morgan fingerprint density at radius 3 is 2.82 bits per heavy atom. The van der Waals surface area contributed by atoms with E-state index < -0.39 is 0 Å². The highest BCUT2D eigenvalue weighted by atomic mass is 16.2. The number of anilines is 2. The van der Waals surface area contributed by atoms with Gasteiger partial charge in [0.2, 0.25) is 5.95 Å². The fourth-order valence-electron chi connectivity index (χ4n) is 1.60. The molecular weight excluding hydrogens is 216 g/mol. The molecule has 1 heterocycles. The minimum atomic E-state index is 0.234. The summed E-state index contributed by atoms with van der Waals surface area (Å²) in [6.45, 7) is 7.09. The predicted octanol–water partition coefficient (Wildman–Crippen LogP) is 1.79. The molecule has 0 saturated carbocycles. The SMILES string of the molecule is CCNc1nc(C)cc(NC(C)CCCO)n1. The Balaban J connectivity index is 2.63. The summed E-state index contributed by atoms with van der Waals surface area (Å²) in [4.78, 5) is 8.67. The molecule has 0 aliphatic rings. The van der Waals surface area contributed by atoms with Gasteiger partial charge in [-0.2, -0.15) is 4.98 Å². The molecule has 0 spiro atoms. The molecule has 1 atom stereocenters. The summed E-state index contributed by atoms with van der Waals surface area (Å²) >= 11 is 0. The molecule has 1 unspecified atom stereocenters. The van der Waals surface area contributed by atoms with Gasteiger partial charge in [0, 0.05) is 31.0 Å². The number of aliphatic hydroxyl groups is 1. The quantitative estimate of drug-likeness (QED) is 0.675. The highest BCUT2D eigenvalue weighted by molar-refractivity contribution is 5.42. The molecule has 0 saturated heterocycles. The monoisotopic (exact) mass is 238 g/mol. The van der Waals surface area contributed by atoms with Crippen LogP contribution in [0.2, 0.25) is 0 Å². The molecule has 0 amide bonds. The van der Waals surface area contributed by atoms with E-state index in [1.807, 2.05) is 19.9 Å². The van der Waals surface area contributed by atoms with E-state index in [4.69, 9.17) is 5.11 Å². The first-order valence-electron chi connectivity index (χ1n) is 6.12. The van der Waals surface area contributed by atoms with E-state index in [9.17, 15) is 0 Å². The summed E-state index contributed by atoms with van der Waals surface area (Å²) in [6.07, 6.45) is 1.73. The lowest BCUT2D eigenvalue weighted by Crippen LogP contribution is -2.17. The van der Waals surface area contributed by atoms with Gasteiger partial charge in [-0.15, -0.1) is 0 Å². The minimum absolute atomic E-state index is 0.234. The smallest absolute Gasteiger partial charge is 0.224 e. The molecular formula is C12H22N4O. The van der Waals surface area contributed by atoms with Crippen molar-refractivity contribution < 1.29 is 5.11 Å². The van der Waals surface area contributed by atoms with Gasteiger partial charge in [-0.05, 0) is 33.6 Å². The molecule has 1 aromatic rings. The third-order valence-corrected chi connectivity index (χ3v) is 2.38. The van der Waals surface area contributed by atoms with Crippen LogP contribution in [0.15, 0.2) is 6.07 Å². The Bertz CT molecular complexity index is 343. The standard InChI is InChI=1S/C12H22N4O/c1-4-13-12-15-10(3)8-11(16-12)14-9(2)6-5-7-17/h8-9,17H,4-7H2,1-3H3,(H2,13,14,15,16). The summed E-state index contributed by atoms with van der Waals surface area (Å²) in [6, 6.07) is 2.22. The number of hydrogen-bond donors (Lipinski definition) is 3. The molecule has 0 bridgehead atoms. The topological polar surface area (TPSA) is 70.1 Å². The molecule has 0 aliphatic heterocycles. The zero-order chi connectivity index (χ0) is 12.7. The van der Waals surface area contributed by atoms with Crippen LogP contribution in [0.4, 0.5) is 11.8 Å². The van der Waals surface area contributed by atoms with Crippen LogP contribution in [0, 0.1) is 6.92 Å². The summed E-state index contributed by atoms with van der Waals surface area (Å²) in [5, 5.41) is 15.2. The van der Waals surface area contributed by atoms with Gasteiger partial charge in [0.15, 0.2) is 0 Å². The number of aliphatic hydroxyl groups excluding tert-OH is 1. The molecule has 0 aromatic carbocycles. The van der Waals surface area contributed by atoms with E-state index in [1.165, 1.54) is 0 Å². The van der Waals surface area contributed by atoms with Crippen molar-refractivity contribution in [3.8, 4) is 0 Å². The molecule has 1 aromatic heterocycles. The number of hydrogen-bond acceptors (Lipinski definition) is 5. The van der Waals surface area contributed by atoms with Crippen LogP contribution < -0.4 is 10.6 Å². The van der Waals surface area contributed by atoms with Crippen molar-refractivity contribution in [3.63, 3.8) is 0 Å². The number of aromatic nitrogens is 2. The second-order valence-electron chi connectivity index (χ2n) is 4.16. The molecule has 0 fully saturated rings. The summed E-state index contributed by atoms with van der Waals surface area (Å²) in [5.74, 6) is 1.49. The van der Waals surface area contributed by atoms with Gasteiger partial charge >= 0.3 is 0 Å². The van der Waals surface area contributed by atoms with Crippen molar-refractivity contribution in [2.24, 2.45) is 0 Å². The van der Waals surface area contributed by atoms with Gasteiger partial charge < -0.3 is 15.7 Å². The molecule has 5 heteroatoms. The fraction of sp³-hybridized carbons (Fsp3) is 0.667. The van der Waals surface area contributed by atoms with Crippen LogP contribution >= 0.6 is 0 Å². The Kier molecular flexibility index (Phi) is 5.69. The van der Waals surface area contributed by atoms with Crippen molar-refractivity contribution in [1.29, 1.82) is 0 Å². The first-order chi connectivity index (χ1) is 8.15. The van der Waals surface area contributed by atoms with E-state index in [0.717, 1.165) is 30.9 Å². The molecule has 1 rings (SSSR count). The first kappa shape index (κ1) is 13.7. The van der Waals surface area contributed by atoms with Crippen molar-refractivity contribution in [3.05, 3.63) is 11.8 Å². The van der Waals surface area contributed by atoms with Crippen LogP contribution in [0.25, 0.3) is 0 Å².